The van der Waals surface area contributed by atoms with Crippen molar-refractivity contribution in [3.8, 4) is 0 Å². The molecule has 0 aromatic carbocycles. The average Bonchev–Trinajstić information content (AvgIpc) is 2.27. The molecule has 0 amide bonds. The fourth-order valence-corrected chi connectivity index (χ4v) is 1.02. The van der Waals surface area contributed by atoms with Gasteiger partial charge in [-0.15, -0.1) is 0 Å². The van der Waals surface area contributed by atoms with Crippen LogP contribution in [0.4, 0.5) is 0 Å². The number of methoxy groups -OCH3 is 2. The standard InChI is InChI=1S/C9H15NO6/c1-15-8(13)4-3-6(9(14)16-2)10-5-7(11)12/h6,10H,3-5H2,1-2H3,(H,11,12)/t6-/m0/s1. The van der Waals surface area contributed by atoms with Crippen LogP contribution in [-0.4, -0.2) is 49.8 Å². The van der Waals surface area contributed by atoms with Gasteiger partial charge in [-0.1, -0.05) is 0 Å². The lowest BCUT2D eigenvalue weighted by Crippen LogP contribution is -2.40. The molecule has 0 saturated carbocycles. The van der Waals surface area contributed by atoms with Gasteiger partial charge in [0.05, 0.1) is 20.8 Å². The zero-order chi connectivity index (χ0) is 12.6. The summed E-state index contributed by atoms with van der Waals surface area (Å²) in [5.41, 5.74) is 0. The van der Waals surface area contributed by atoms with E-state index in [1.807, 2.05) is 0 Å². The number of hydrogen-bond donors (Lipinski definition) is 2. The molecule has 7 heteroatoms. The molecule has 0 aliphatic carbocycles. The lowest BCUT2D eigenvalue weighted by atomic mass is 10.1. The number of esters is 2. The van der Waals surface area contributed by atoms with Crippen LogP contribution in [0.15, 0.2) is 0 Å². The van der Waals surface area contributed by atoms with Crippen LogP contribution in [0.25, 0.3) is 0 Å². The first-order valence-corrected chi connectivity index (χ1v) is 4.61. The van der Waals surface area contributed by atoms with Crippen LogP contribution in [0, 0.1) is 0 Å². The summed E-state index contributed by atoms with van der Waals surface area (Å²) in [6.07, 6.45) is 0.148. The Balaban J connectivity index is 4.15. The summed E-state index contributed by atoms with van der Waals surface area (Å²) in [7, 11) is 2.43. The number of carboxylic acid groups (broad SMARTS) is 1. The van der Waals surface area contributed by atoms with E-state index in [-0.39, 0.29) is 19.4 Å². The van der Waals surface area contributed by atoms with Gasteiger partial charge in [-0.05, 0) is 6.42 Å². The summed E-state index contributed by atoms with van der Waals surface area (Å²) in [6, 6.07) is -0.819. The van der Waals surface area contributed by atoms with E-state index in [2.05, 4.69) is 14.8 Å². The van der Waals surface area contributed by atoms with Crippen molar-refractivity contribution in [2.75, 3.05) is 20.8 Å². The van der Waals surface area contributed by atoms with Gasteiger partial charge in [0, 0.05) is 6.42 Å². The second-order valence-corrected chi connectivity index (χ2v) is 2.97. The van der Waals surface area contributed by atoms with Crippen molar-refractivity contribution in [1.29, 1.82) is 0 Å². The maximum Gasteiger partial charge on any atom is 0.322 e. The highest BCUT2D eigenvalue weighted by atomic mass is 16.5. The number of hydrogen-bond acceptors (Lipinski definition) is 6. The van der Waals surface area contributed by atoms with Gasteiger partial charge in [-0.25, -0.2) is 0 Å². The maximum absolute atomic E-state index is 11.2. The first-order chi connectivity index (χ1) is 7.51. The monoisotopic (exact) mass is 233 g/mol. The summed E-state index contributed by atoms with van der Waals surface area (Å²) in [5, 5.41) is 10.9. The van der Waals surface area contributed by atoms with Crippen molar-refractivity contribution in [3.05, 3.63) is 0 Å². The summed E-state index contributed by atoms with van der Waals surface area (Å²) < 4.78 is 8.87. The number of carboxylic acids is 1. The Morgan fingerprint density at radius 2 is 1.88 bits per heavy atom. The fraction of sp³-hybridized carbons (Fsp3) is 0.667. The van der Waals surface area contributed by atoms with E-state index in [0.717, 1.165) is 0 Å². The number of carbonyl (C=O) groups excluding carboxylic acids is 2. The Morgan fingerprint density at radius 1 is 1.25 bits per heavy atom. The Kier molecular flexibility index (Phi) is 6.86. The molecule has 0 aliphatic rings. The Morgan fingerprint density at radius 3 is 2.31 bits per heavy atom. The molecule has 0 spiro atoms. The highest BCUT2D eigenvalue weighted by Crippen LogP contribution is 2.00. The summed E-state index contributed by atoms with van der Waals surface area (Å²) in [4.78, 5) is 32.3. The summed E-state index contributed by atoms with van der Waals surface area (Å²) in [5.74, 6) is -2.16. The lowest BCUT2D eigenvalue weighted by Gasteiger charge is -2.14. The second-order valence-electron chi connectivity index (χ2n) is 2.97. The first kappa shape index (κ1) is 14.4. The predicted octanol–water partition coefficient (Wildman–Crippen LogP) is -0.845. The molecule has 16 heavy (non-hydrogen) atoms. The number of ether oxygens (including phenoxy) is 2. The van der Waals surface area contributed by atoms with Crippen LogP contribution in [0.3, 0.4) is 0 Å². The maximum atomic E-state index is 11.2. The number of carbonyl (C=O) groups is 3. The van der Waals surface area contributed by atoms with E-state index >= 15 is 0 Å². The van der Waals surface area contributed by atoms with E-state index in [9.17, 15) is 14.4 Å². The molecule has 2 N–H and O–H groups in total. The van der Waals surface area contributed by atoms with Gasteiger partial charge < -0.3 is 14.6 Å². The molecule has 0 aromatic heterocycles. The van der Waals surface area contributed by atoms with Gasteiger partial charge in [0.25, 0.3) is 0 Å². The van der Waals surface area contributed by atoms with Crippen molar-refractivity contribution in [2.24, 2.45) is 0 Å². The normalized spacial score (nSPS) is 11.6. The molecular formula is C9H15NO6. The lowest BCUT2D eigenvalue weighted by molar-refractivity contribution is -0.144. The van der Waals surface area contributed by atoms with Gasteiger partial charge >= 0.3 is 17.9 Å². The minimum atomic E-state index is -1.09. The van der Waals surface area contributed by atoms with Crippen LogP contribution in [0.2, 0.25) is 0 Å². The van der Waals surface area contributed by atoms with E-state index in [1.54, 1.807) is 0 Å². The molecule has 0 unspecified atom stereocenters. The molecule has 0 aliphatic heterocycles. The highest BCUT2D eigenvalue weighted by Gasteiger charge is 2.20. The van der Waals surface area contributed by atoms with E-state index in [4.69, 9.17) is 5.11 Å². The zero-order valence-corrected chi connectivity index (χ0v) is 9.19. The van der Waals surface area contributed by atoms with Crippen molar-refractivity contribution in [3.63, 3.8) is 0 Å². The molecule has 1 atom stereocenters. The molecule has 0 saturated heterocycles. The van der Waals surface area contributed by atoms with Crippen LogP contribution in [0.5, 0.6) is 0 Å². The van der Waals surface area contributed by atoms with E-state index in [1.165, 1.54) is 14.2 Å². The summed E-state index contributed by atoms with van der Waals surface area (Å²) in [6.45, 7) is -0.374. The minimum Gasteiger partial charge on any atom is -0.480 e. The zero-order valence-electron chi connectivity index (χ0n) is 9.19. The van der Waals surface area contributed by atoms with Gasteiger partial charge in [0.1, 0.15) is 6.04 Å². The number of nitrogens with one attached hydrogen (secondary N) is 1. The van der Waals surface area contributed by atoms with Gasteiger partial charge in [-0.3, -0.25) is 19.7 Å². The van der Waals surface area contributed by atoms with E-state index in [0.29, 0.717) is 0 Å². The Bertz CT molecular complexity index is 265. The van der Waals surface area contributed by atoms with Crippen LogP contribution >= 0.6 is 0 Å². The third-order valence-corrected chi connectivity index (χ3v) is 1.85. The second kappa shape index (κ2) is 7.63. The fourth-order valence-electron chi connectivity index (χ4n) is 1.02. The van der Waals surface area contributed by atoms with Gasteiger partial charge in [0.2, 0.25) is 0 Å². The van der Waals surface area contributed by atoms with E-state index < -0.39 is 23.9 Å². The molecule has 0 rings (SSSR count). The quantitative estimate of drug-likeness (QED) is 0.552. The van der Waals surface area contributed by atoms with Crippen molar-refractivity contribution in [1.82, 2.24) is 5.32 Å². The number of aliphatic carboxylic acids is 1. The molecule has 0 heterocycles. The van der Waals surface area contributed by atoms with Crippen molar-refractivity contribution < 1.29 is 29.0 Å². The molecule has 0 aromatic rings. The molecular weight excluding hydrogens is 218 g/mol. The first-order valence-electron chi connectivity index (χ1n) is 4.61. The minimum absolute atomic E-state index is 0.0168. The Hall–Kier alpha value is -1.63. The molecule has 0 fully saturated rings. The largest absolute Gasteiger partial charge is 0.480 e. The Labute approximate surface area is 92.7 Å². The summed E-state index contributed by atoms with van der Waals surface area (Å²) >= 11 is 0. The van der Waals surface area contributed by atoms with Crippen LogP contribution in [-0.2, 0) is 23.9 Å². The highest BCUT2D eigenvalue weighted by molar-refractivity contribution is 5.78. The molecule has 92 valence electrons. The molecule has 0 radical (unpaired) electrons. The molecule has 0 bridgehead atoms. The van der Waals surface area contributed by atoms with Crippen molar-refractivity contribution in [2.45, 2.75) is 18.9 Å². The van der Waals surface area contributed by atoms with Gasteiger partial charge in [0.15, 0.2) is 0 Å². The third-order valence-electron chi connectivity index (χ3n) is 1.85. The van der Waals surface area contributed by atoms with Crippen LogP contribution in [0.1, 0.15) is 12.8 Å². The van der Waals surface area contributed by atoms with Crippen LogP contribution < -0.4 is 5.32 Å². The number of rotatable bonds is 7. The predicted molar refractivity (Wildman–Crippen MR) is 52.7 cm³/mol. The van der Waals surface area contributed by atoms with Gasteiger partial charge in [-0.2, -0.15) is 0 Å². The topological polar surface area (TPSA) is 102 Å². The average molecular weight is 233 g/mol. The SMILES string of the molecule is COC(=O)CC[C@H](NCC(=O)O)C(=O)OC. The smallest absolute Gasteiger partial charge is 0.322 e. The third kappa shape index (κ3) is 5.97. The van der Waals surface area contributed by atoms with Crippen molar-refractivity contribution >= 4 is 17.9 Å². The molecule has 7 nitrogen and oxygen atoms in total.